The van der Waals surface area contributed by atoms with E-state index in [0.717, 1.165) is 45.3 Å². The summed E-state index contributed by atoms with van der Waals surface area (Å²) < 4.78 is 12.2. The van der Waals surface area contributed by atoms with Gasteiger partial charge in [0.05, 0.1) is 0 Å². The minimum absolute atomic E-state index is 0.00463. The van der Waals surface area contributed by atoms with Crippen molar-refractivity contribution >= 4 is 14.3 Å². The molecule has 0 amide bonds. The highest BCUT2D eigenvalue weighted by Gasteiger charge is 2.36. The summed E-state index contributed by atoms with van der Waals surface area (Å²) in [5.74, 6) is -0.00463. The normalized spacial score (nSPS) is 16.9. The first kappa shape index (κ1) is 26.6. The Balaban J connectivity index is 2.34. The fraction of sp³-hybridized carbons (Fsp3) is 0.958. The molecule has 1 unspecified atom stereocenters. The first-order valence-electron chi connectivity index (χ1n) is 12.2. The maximum atomic E-state index is 12.4. The molecule has 172 valence electrons. The highest BCUT2D eigenvalue weighted by molar-refractivity contribution is 6.74. The molecule has 0 aromatic rings. The Hall–Kier alpha value is -0.393. The molecule has 1 atom stereocenters. The number of esters is 1. The molecular formula is C24H49NO3Si. The van der Waals surface area contributed by atoms with Crippen molar-refractivity contribution in [3.63, 3.8) is 0 Å². The van der Waals surface area contributed by atoms with Gasteiger partial charge in [-0.1, -0.05) is 47.0 Å². The molecule has 5 heteroatoms. The van der Waals surface area contributed by atoms with E-state index in [0.29, 0.717) is 6.42 Å². The van der Waals surface area contributed by atoms with Crippen molar-refractivity contribution in [1.29, 1.82) is 0 Å². The van der Waals surface area contributed by atoms with E-state index in [4.69, 9.17) is 9.16 Å². The van der Waals surface area contributed by atoms with Gasteiger partial charge in [0.1, 0.15) is 6.10 Å². The van der Waals surface area contributed by atoms with Gasteiger partial charge < -0.3 is 14.1 Å². The number of unbranched alkanes of at least 4 members (excludes halogenated alkanes) is 3. The van der Waals surface area contributed by atoms with E-state index >= 15 is 0 Å². The zero-order valence-corrected chi connectivity index (χ0v) is 21.4. The fourth-order valence-corrected chi connectivity index (χ4v) is 4.70. The molecule has 0 radical (unpaired) electrons. The molecule has 0 saturated carbocycles. The third kappa shape index (κ3) is 11.5. The molecule has 0 N–H and O–H groups in total. The summed E-state index contributed by atoms with van der Waals surface area (Å²) in [4.78, 5) is 14.8. The smallest absolute Gasteiger partial charge is 0.306 e. The zero-order valence-electron chi connectivity index (χ0n) is 20.4. The van der Waals surface area contributed by atoms with Gasteiger partial charge in [0, 0.05) is 13.0 Å². The average Bonchev–Trinajstić information content (AvgIpc) is 3.14. The van der Waals surface area contributed by atoms with Crippen LogP contribution in [0.25, 0.3) is 0 Å². The van der Waals surface area contributed by atoms with Gasteiger partial charge in [0.2, 0.25) is 0 Å². The van der Waals surface area contributed by atoms with Crippen molar-refractivity contribution < 1.29 is 14.0 Å². The lowest BCUT2D eigenvalue weighted by molar-refractivity contribution is -0.150. The Morgan fingerprint density at radius 3 is 2.28 bits per heavy atom. The molecule has 0 aromatic carbocycles. The minimum Gasteiger partial charge on any atom is -0.462 e. The van der Waals surface area contributed by atoms with Crippen LogP contribution < -0.4 is 0 Å². The van der Waals surface area contributed by atoms with Gasteiger partial charge in [0.25, 0.3) is 0 Å². The number of ether oxygens (including phenoxy) is 1. The van der Waals surface area contributed by atoms with Crippen molar-refractivity contribution in [2.24, 2.45) is 0 Å². The molecule has 4 nitrogen and oxygen atoms in total. The van der Waals surface area contributed by atoms with Crippen molar-refractivity contribution in [1.82, 2.24) is 4.90 Å². The minimum atomic E-state index is -1.69. The average molecular weight is 428 g/mol. The van der Waals surface area contributed by atoms with Gasteiger partial charge in [-0.25, -0.2) is 0 Å². The second kappa shape index (κ2) is 13.8. The molecule has 0 spiro atoms. The number of carbonyl (C=O) groups excluding carboxylic acids is 1. The number of carbonyl (C=O) groups is 1. The predicted molar refractivity (Wildman–Crippen MR) is 126 cm³/mol. The van der Waals surface area contributed by atoms with Gasteiger partial charge in [-0.2, -0.15) is 0 Å². The molecule has 0 aromatic heterocycles. The van der Waals surface area contributed by atoms with E-state index in [9.17, 15) is 4.79 Å². The highest BCUT2D eigenvalue weighted by Crippen LogP contribution is 2.36. The lowest BCUT2D eigenvalue weighted by atomic mass is 10.1. The number of rotatable bonds is 15. The molecule has 1 saturated heterocycles. The Bertz CT molecular complexity index is 442. The Morgan fingerprint density at radius 2 is 1.66 bits per heavy atom. The third-order valence-electron chi connectivity index (χ3n) is 6.67. The van der Waals surface area contributed by atoms with E-state index < -0.39 is 8.32 Å². The van der Waals surface area contributed by atoms with Crippen LogP contribution in [0, 0.1) is 0 Å². The van der Waals surface area contributed by atoms with Crippen LogP contribution in [0.5, 0.6) is 0 Å². The summed E-state index contributed by atoms with van der Waals surface area (Å²) in [5, 5.41) is 0.244. The van der Waals surface area contributed by atoms with Crippen molar-refractivity contribution in [2.75, 3.05) is 26.2 Å². The number of nitrogens with zero attached hydrogens (tertiary/aromatic N) is 1. The Kier molecular flexibility index (Phi) is 12.7. The van der Waals surface area contributed by atoms with Gasteiger partial charge >= 0.3 is 5.97 Å². The standard InChI is InChI=1S/C24H49NO3Si/c1-7-8-9-10-15-22(16-14-21-27-29(5,6)24(2,3)4)28-23(26)17-13-20-25-18-11-12-19-25/h22H,7-21H2,1-6H3. The van der Waals surface area contributed by atoms with Crippen LogP contribution in [-0.2, 0) is 14.0 Å². The molecule has 1 aliphatic heterocycles. The van der Waals surface area contributed by atoms with Crippen LogP contribution in [0.15, 0.2) is 0 Å². The quantitative estimate of drug-likeness (QED) is 0.169. The van der Waals surface area contributed by atoms with E-state index in [2.05, 4.69) is 45.7 Å². The zero-order chi connectivity index (χ0) is 21.8. The molecule has 0 bridgehead atoms. The molecule has 1 heterocycles. The van der Waals surface area contributed by atoms with Crippen LogP contribution in [0.4, 0.5) is 0 Å². The molecule has 1 rings (SSSR count). The number of likely N-dealkylation sites (tertiary alicyclic amines) is 1. The van der Waals surface area contributed by atoms with Crippen LogP contribution in [-0.4, -0.2) is 51.5 Å². The van der Waals surface area contributed by atoms with E-state index in [1.165, 1.54) is 45.2 Å². The molecule has 1 aliphatic rings. The Morgan fingerprint density at radius 1 is 1.00 bits per heavy atom. The summed E-state index contributed by atoms with van der Waals surface area (Å²) in [6.45, 7) is 17.9. The summed E-state index contributed by atoms with van der Waals surface area (Å²) in [5.41, 5.74) is 0. The summed E-state index contributed by atoms with van der Waals surface area (Å²) in [6, 6.07) is 0. The van der Waals surface area contributed by atoms with Crippen LogP contribution >= 0.6 is 0 Å². The van der Waals surface area contributed by atoms with Crippen LogP contribution in [0.3, 0.4) is 0 Å². The SMILES string of the molecule is CCCCCCC(CCCO[Si](C)(C)C(C)(C)C)OC(=O)CCCN1CCCC1. The third-order valence-corrected chi connectivity index (χ3v) is 11.2. The molecule has 1 fully saturated rings. The molecular weight excluding hydrogens is 378 g/mol. The van der Waals surface area contributed by atoms with E-state index in [1.807, 2.05) is 0 Å². The van der Waals surface area contributed by atoms with Crippen molar-refractivity contribution in [3.05, 3.63) is 0 Å². The second-order valence-electron chi connectivity index (χ2n) is 10.4. The Labute approximate surface area is 182 Å². The van der Waals surface area contributed by atoms with Crippen LogP contribution in [0.1, 0.15) is 98.3 Å². The lowest BCUT2D eigenvalue weighted by Gasteiger charge is -2.36. The maximum absolute atomic E-state index is 12.4. The van der Waals surface area contributed by atoms with Gasteiger partial charge in [-0.3, -0.25) is 4.79 Å². The van der Waals surface area contributed by atoms with Crippen molar-refractivity contribution in [2.45, 2.75) is 123 Å². The summed E-state index contributed by atoms with van der Waals surface area (Å²) >= 11 is 0. The first-order chi connectivity index (χ1) is 13.7. The largest absolute Gasteiger partial charge is 0.462 e. The maximum Gasteiger partial charge on any atom is 0.306 e. The monoisotopic (exact) mass is 427 g/mol. The number of hydrogen-bond acceptors (Lipinski definition) is 4. The fourth-order valence-electron chi connectivity index (χ4n) is 3.61. The summed E-state index contributed by atoms with van der Waals surface area (Å²) in [6.07, 6.45) is 12.0. The van der Waals surface area contributed by atoms with Crippen LogP contribution in [0.2, 0.25) is 18.1 Å². The topological polar surface area (TPSA) is 38.8 Å². The second-order valence-corrected chi connectivity index (χ2v) is 15.2. The highest BCUT2D eigenvalue weighted by atomic mass is 28.4. The van der Waals surface area contributed by atoms with Crippen molar-refractivity contribution in [3.8, 4) is 0 Å². The van der Waals surface area contributed by atoms with Gasteiger partial charge in [-0.05, 0) is 82.7 Å². The van der Waals surface area contributed by atoms with E-state index in [1.54, 1.807) is 0 Å². The molecule has 29 heavy (non-hydrogen) atoms. The van der Waals surface area contributed by atoms with Gasteiger partial charge in [-0.15, -0.1) is 0 Å². The first-order valence-corrected chi connectivity index (χ1v) is 15.1. The molecule has 0 aliphatic carbocycles. The van der Waals surface area contributed by atoms with E-state index in [-0.39, 0.29) is 17.1 Å². The predicted octanol–water partition coefficient (Wildman–Crippen LogP) is 6.55. The van der Waals surface area contributed by atoms with Gasteiger partial charge in [0.15, 0.2) is 8.32 Å². The lowest BCUT2D eigenvalue weighted by Crippen LogP contribution is -2.41. The summed E-state index contributed by atoms with van der Waals surface area (Å²) in [7, 11) is -1.69. The number of hydrogen-bond donors (Lipinski definition) is 0.